The van der Waals surface area contributed by atoms with E-state index < -0.39 is 6.04 Å². The highest BCUT2D eigenvalue weighted by Crippen LogP contribution is 2.36. The van der Waals surface area contributed by atoms with E-state index in [0.29, 0.717) is 5.92 Å². The molecule has 5 nitrogen and oxygen atoms in total. The third kappa shape index (κ3) is 2.63. The molecule has 3 rings (SSSR count). The first kappa shape index (κ1) is 14.4. The van der Waals surface area contributed by atoms with E-state index in [0.717, 1.165) is 49.5 Å². The molecule has 5 heteroatoms. The van der Waals surface area contributed by atoms with Crippen LogP contribution in [0.4, 0.5) is 11.4 Å². The predicted octanol–water partition coefficient (Wildman–Crippen LogP) is 1.53. The standard InChI is InChI=1S/C16H23N3O2/c1-18(10-11-5-7-21-8-6-11)12-3-4-13-14(9-12)19(2)16(20)15(13)17/h3-4,9,11,15H,5-8,10,17H2,1-2H3. The van der Waals surface area contributed by atoms with Crippen molar-refractivity contribution in [3.63, 3.8) is 0 Å². The highest BCUT2D eigenvalue weighted by atomic mass is 16.5. The SMILES string of the molecule is CN(CC1CCOCC1)c1ccc2c(c1)N(C)C(=O)C2N. The monoisotopic (exact) mass is 289 g/mol. The van der Waals surface area contributed by atoms with E-state index in [9.17, 15) is 4.79 Å². The smallest absolute Gasteiger partial charge is 0.248 e. The van der Waals surface area contributed by atoms with Gasteiger partial charge in [-0.25, -0.2) is 0 Å². The Morgan fingerprint density at radius 2 is 2.10 bits per heavy atom. The fraction of sp³-hybridized carbons (Fsp3) is 0.562. The maximum atomic E-state index is 11.9. The lowest BCUT2D eigenvalue weighted by molar-refractivity contribution is -0.118. The molecule has 2 aliphatic heterocycles. The normalized spacial score (nSPS) is 22.5. The van der Waals surface area contributed by atoms with Crippen molar-refractivity contribution in [3.05, 3.63) is 23.8 Å². The first-order chi connectivity index (χ1) is 10.1. The van der Waals surface area contributed by atoms with E-state index >= 15 is 0 Å². The van der Waals surface area contributed by atoms with Gasteiger partial charge in [-0.15, -0.1) is 0 Å². The fourth-order valence-corrected chi connectivity index (χ4v) is 3.21. The quantitative estimate of drug-likeness (QED) is 0.916. The van der Waals surface area contributed by atoms with Gasteiger partial charge in [0, 0.05) is 45.1 Å². The molecule has 0 bridgehead atoms. The molecule has 1 unspecified atom stereocenters. The summed E-state index contributed by atoms with van der Waals surface area (Å²) in [5.74, 6) is 0.646. The van der Waals surface area contributed by atoms with Gasteiger partial charge in [-0.05, 0) is 30.9 Å². The summed E-state index contributed by atoms with van der Waals surface area (Å²) in [7, 11) is 3.89. The predicted molar refractivity (Wildman–Crippen MR) is 83.6 cm³/mol. The van der Waals surface area contributed by atoms with Gasteiger partial charge in [-0.3, -0.25) is 4.79 Å². The molecule has 2 heterocycles. The molecule has 1 aromatic carbocycles. The molecule has 1 saturated heterocycles. The number of hydrogen-bond acceptors (Lipinski definition) is 4. The number of carbonyl (C=O) groups excluding carboxylic acids is 1. The summed E-state index contributed by atoms with van der Waals surface area (Å²) in [5, 5.41) is 0. The summed E-state index contributed by atoms with van der Waals surface area (Å²) in [6, 6.07) is 5.60. The number of hydrogen-bond donors (Lipinski definition) is 1. The molecule has 2 aliphatic rings. The maximum absolute atomic E-state index is 11.9. The van der Waals surface area contributed by atoms with Crippen LogP contribution in [0, 0.1) is 5.92 Å². The molecule has 114 valence electrons. The van der Waals surface area contributed by atoms with Crippen LogP contribution in [0.5, 0.6) is 0 Å². The van der Waals surface area contributed by atoms with E-state index in [1.54, 1.807) is 11.9 Å². The van der Waals surface area contributed by atoms with Gasteiger partial charge in [0.05, 0.1) is 5.69 Å². The van der Waals surface area contributed by atoms with E-state index in [-0.39, 0.29) is 5.91 Å². The average molecular weight is 289 g/mol. The zero-order valence-corrected chi connectivity index (χ0v) is 12.7. The lowest BCUT2D eigenvalue weighted by Gasteiger charge is -2.29. The van der Waals surface area contributed by atoms with E-state index in [2.05, 4.69) is 24.1 Å². The minimum atomic E-state index is -0.514. The molecule has 1 atom stereocenters. The Bertz CT molecular complexity index is 540. The van der Waals surface area contributed by atoms with Gasteiger partial charge >= 0.3 is 0 Å². The van der Waals surface area contributed by atoms with Crippen molar-refractivity contribution < 1.29 is 9.53 Å². The van der Waals surface area contributed by atoms with E-state index in [4.69, 9.17) is 10.5 Å². The highest BCUT2D eigenvalue weighted by Gasteiger charge is 2.32. The molecule has 2 N–H and O–H groups in total. The topological polar surface area (TPSA) is 58.8 Å². The number of rotatable bonds is 3. The third-order valence-electron chi connectivity index (χ3n) is 4.62. The fourth-order valence-electron chi connectivity index (χ4n) is 3.21. The van der Waals surface area contributed by atoms with Crippen LogP contribution in [0.25, 0.3) is 0 Å². The molecule has 0 radical (unpaired) electrons. The Hall–Kier alpha value is -1.59. The average Bonchev–Trinajstić information content (AvgIpc) is 2.73. The summed E-state index contributed by atoms with van der Waals surface area (Å²) >= 11 is 0. The van der Waals surface area contributed by atoms with Crippen LogP contribution in [-0.4, -0.2) is 39.8 Å². The summed E-state index contributed by atoms with van der Waals surface area (Å²) in [6.07, 6.45) is 2.25. The molecular weight excluding hydrogens is 266 g/mol. The first-order valence-electron chi connectivity index (χ1n) is 7.54. The van der Waals surface area contributed by atoms with Gasteiger partial charge < -0.3 is 20.3 Å². The number of amides is 1. The zero-order valence-electron chi connectivity index (χ0n) is 12.7. The van der Waals surface area contributed by atoms with Gasteiger partial charge in [0.15, 0.2) is 0 Å². The number of fused-ring (bicyclic) bond motifs is 1. The van der Waals surface area contributed by atoms with Gasteiger partial charge in [0.2, 0.25) is 5.91 Å². The summed E-state index contributed by atoms with van der Waals surface area (Å²) in [6.45, 7) is 2.76. The minimum Gasteiger partial charge on any atom is -0.381 e. The Labute approximate surface area is 125 Å². The lowest BCUT2D eigenvalue weighted by Crippen LogP contribution is -2.29. The van der Waals surface area contributed by atoms with Gasteiger partial charge in [-0.2, -0.15) is 0 Å². The van der Waals surface area contributed by atoms with Crippen molar-refractivity contribution in [1.82, 2.24) is 0 Å². The van der Waals surface area contributed by atoms with Crippen LogP contribution in [0.3, 0.4) is 0 Å². The van der Waals surface area contributed by atoms with Crippen LogP contribution >= 0.6 is 0 Å². The summed E-state index contributed by atoms with van der Waals surface area (Å²) in [5.41, 5.74) is 8.93. The van der Waals surface area contributed by atoms with Crippen molar-refractivity contribution in [2.75, 3.05) is 43.7 Å². The van der Waals surface area contributed by atoms with Crippen molar-refractivity contribution in [2.24, 2.45) is 11.7 Å². The summed E-state index contributed by atoms with van der Waals surface area (Å²) in [4.78, 5) is 15.9. The Kier molecular flexibility index (Phi) is 3.87. The Morgan fingerprint density at radius 3 is 2.81 bits per heavy atom. The molecule has 0 saturated carbocycles. The van der Waals surface area contributed by atoms with Crippen molar-refractivity contribution >= 4 is 17.3 Å². The minimum absolute atomic E-state index is 0.0331. The number of nitrogens with two attached hydrogens (primary N) is 1. The van der Waals surface area contributed by atoms with Crippen LogP contribution in [0.15, 0.2) is 18.2 Å². The van der Waals surface area contributed by atoms with Crippen LogP contribution in [0.2, 0.25) is 0 Å². The lowest BCUT2D eigenvalue weighted by atomic mass is 9.99. The Balaban J connectivity index is 1.76. The third-order valence-corrected chi connectivity index (χ3v) is 4.62. The molecule has 1 fully saturated rings. The summed E-state index contributed by atoms with van der Waals surface area (Å²) < 4.78 is 5.41. The Morgan fingerprint density at radius 1 is 1.38 bits per heavy atom. The van der Waals surface area contributed by atoms with Crippen molar-refractivity contribution in [1.29, 1.82) is 0 Å². The highest BCUT2D eigenvalue weighted by molar-refractivity contribution is 6.04. The molecule has 1 amide bonds. The molecule has 21 heavy (non-hydrogen) atoms. The van der Waals surface area contributed by atoms with Crippen molar-refractivity contribution in [2.45, 2.75) is 18.9 Å². The maximum Gasteiger partial charge on any atom is 0.248 e. The number of ether oxygens (including phenoxy) is 1. The second-order valence-electron chi connectivity index (χ2n) is 6.05. The molecular formula is C16H23N3O2. The second kappa shape index (κ2) is 5.66. The van der Waals surface area contributed by atoms with E-state index in [1.807, 2.05) is 6.07 Å². The number of benzene rings is 1. The van der Waals surface area contributed by atoms with Crippen LogP contribution in [-0.2, 0) is 9.53 Å². The molecule has 1 aromatic rings. The number of carbonyl (C=O) groups is 1. The second-order valence-corrected chi connectivity index (χ2v) is 6.05. The molecule has 0 aromatic heterocycles. The van der Waals surface area contributed by atoms with Crippen LogP contribution < -0.4 is 15.5 Å². The molecule has 0 spiro atoms. The zero-order chi connectivity index (χ0) is 15.0. The van der Waals surface area contributed by atoms with Gasteiger partial charge in [0.1, 0.15) is 6.04 Å². The van der Waals surface area contributed by atoms with Gasteiger partial charge in [0.25, 0.3) is 0 Å². The van der Waals surface area contributed by atoms with Crippen molar-refractivity contribution in [3.8, 4) is 0 Å². The number of anilines is 2. The van der Waals surface area contributed by atoms with Gasteiger partial charge in [-0.1, -0.05) is 6.07 Å². The first-order valence-corrected chi connectivity index (χ1v) is 7.54. The number of likely N-dealkylation sites (N-methyl/N-ethyl adjacent to an activating group) is 1. The van der Waals surface area contributed by atoms with E-state index in [1.165, 1.54) is 0 Å². The van der Waals surface area contributed by atoms with Crippen LogP contribution in [0.1, 0.15) is 24.4 Å². The largest absolute Gasteiger partial charge is 0.381 e. The number of nitrogens with zero attached hydrogens (tertiary/aromatic N) is 2. The molecule has 0 aliphatic carbocycles.